The number of aliphatic hydroxyl groups excluding tert-OH is 1. The van der Waals surface area contributed by atoms with E-state index in [2.05, 4.69) is 4.90 Å². The average Bonchev–Trinajstić information content (AvgIpc) is 2.34. The Bertz CT molecular complexity index is 124. The molecule has 0 aliphatic carbocycles. The fourth-order valence-corrected chi connectivity index (χ4v) is 2.22. The third-order valence-corrected chi connectivity index (χ3v) is 2.82. The lowest BCUT2D eigenvalue weighted by Crippen LogP contribution is -2.38. The predicted molar refractivity (Wildman–Crippen MR) is 39.8 cm³/mol. The van der Waals surface area contributed by atoms with Crippen LogP contribution in [0.3, 0.4) is 0 Å². The largest absolute Gasteiger partial charge is 0.391 e. The van der Waals surface area contributed by atoms with E-state index in [-0.39, 0.29) is 6.10 Å². The van der Waals surface area contributed by atoms with Gasteiger partial charge in [-0.25, -0.2) is 0 Å². The van der Waals surface area contributed by atoms with Crippen LogP contribution in [-0.2, 0) is 0 Å². The first-order valence-corrected chi connectivity index (χ1v) is 4.30. The van der Waals surface area contributed by atoms with E-state index < -0.39 is 0 Å². The van der Waals surface area contributed by atoms with Crippen LogP contribution in [0.25, 0.3) is 0 Å². The van der Waals surface area contributed by atoms with Crippen LogP contribution in [0.1, 0.15) is 25.7 Å². The molecule has 0 aromatic heterocycles. The minimum Gasteiger partial charge on any atom is -0.391 e. The van der Waals surface area contributed by atoms with Crippen molar-refractivity contribution < 1.29 is 5.11 Å². The molecule has 2 rings (SSSR count). The molecule has 0 aromatic rings. The second kappa shape index (κ2) is 2.51. The second-order valence-electron chi connectivity index (χ2n) is 3.46. The molecule has 1 N–H and O–H groups in total. The number of hydrogen-bond donors (Lipinski definition) is 1. The van der Waals surface area contributed by atoms with E-state index >= 15 is 0 Å². The van der Waals surface area contributed by atoms with Gasteiger partial charge in [0, 0.05) is 12.6 Å². The first-order valence-electron chi connectivity index (χ1n) is 4.30. The van der Waals surface area contributed by atoms with Crippen LogP contribution in [0.4, 0.5) is 0 Å². The van der Waals surface area contributed by atoms with Crippen molar-refractivity contribution >= 4 is 0 Å². The van der Waals surface area contributed by atoms with Gasteiger partial charge in [-0.1, -0.05) is 6.42 Å². The van der Waals surface area contributed by atoms with E-state index in [0.29, 0.717) is 6.04 Å². The smallest absolute Gasteiger partial charge is 0.0707 e. The van der Waals surface area contributed by atoms with E-state index in [9.17, 15) is 5.11 Å². The van der Waals surface area contributed by atoms with E-state index in [1.165, 1.54) is 25.8 Å². The Labute approximate surface area is 61.8 Å². The van der Waals surface area contributed by atoms with Crippen LogP contribution in [-0.4, -0.2) is 35.2 Å². The summed E-state index contributed by atoms with van der Waals surface area (Å²) in [4.78, 5) is 2.44. The molecule has 2 saturated heterocycles. The van der Waals surface area contributed by atoms with Crippen molar-refractivity contribution in [2.24, 2.45) is 0 Å². The Morgan fingerprint density at radius 3 is 2.80 bits per heavy atom. The summed E-state index contributed by atoms with van der Waals surface area (Å²) in [6.07, 6.45) is 4.87. The monoisotopic (exact) mass is 141 g/mol. The normalized spacial score (nSPS) is 41.7. The molecular formula is C8H15NO. The van der Waals surface area contributed by atoms with Crippen molar-refractivity contribution in [1.82, 2.24) is 4.90 Å². The summed E-state index contributed by atoms with van der Waals surface area (Å²) in [5.41, 5.74) is 0. The molecule has 0 amide bonds. The zero-order chi connectivity index (χ0) is 6.97. The minimum atomic E-state index is -0.0136. The Morgan fingerprint density at radius 2 is 2.00 bits per heavy atom. The molecule has 10 heavy (non-hydrogen) atoms. The van der Waals surface area contributed by atoms with E-state index in [1.807, 2.05) is 0 Å². The highest BCUT2D eigenvalue weighted by Gasteiger charge is 2.33. The van der Waals surface area contributed by atoms with Gasteiger partial charge in [0.25, 0.3) is 0 Å². The molecule has 0 unspecified atom stereocenters. The molecule has 2 aliphatic rings. The zero-order valence-corrected chi connectivity index (χ0v) is 6.29. The van der Waals surface area contributed by atoms with Gasteiger partial charge in [0.2, 0.25) is 0 Å². The molecule has 0 saturated carbocycles. The molecule has 2 fully saturated rings. The first kappa shape index (κ1) is 6.62. The van der Waals surface area contributed by atoms with Gasteiger partial charge < -0.3 is 5.11 Å². The molecular weight excluding hydrogens is 126 g/mol. The summed E-state index contributed by atoms with van der Waals surface area (Å²) in [6, 6.07) is 0.522. The summed E-state index contributed by atoms with van der Waals surface area (Å²) in [6.45, 7) is 2.35. The summed E-state index contributed by atoms with van der Waals surface area (Å²) in [5, 5.41) is 9.48. The van der Waals surface area contributed by atoms with Crippen LogP contribution in [0.15, 0.2) is 0 Å². The fraction of sp³-hybridized carbons (Fsp3) is 1.00. The van der Waals surface area contributed by atoms with Gasteiger partial charge in [0.1, 0.15) is 0 Å². The van der Waals surface area contributed by atoms with Crippen LogP contribution in [0, 0.1) is 0 Å². The third-order valence-electron chi connectivity index (χ3n) is 2.82. The van der Waals surface area contributed by atoms with Crippen LogP contribution in [0.5, 0.6) is 0 Å². The van der Waals surface area contributed by atoms with Gasteiger partial charge in [-0.15, -0.1) is 0 Å². The minimum absolute atomic E-state index is 0.0136. The van der Waals surface area contributed by atoms with Crippen LogP contribution < -0.4 is 0 Å². The van der Waals surface area contributed by atoms with E-state index in [4.69, 9.17) is 0 Å². The van der Waals surface area contributed by atoms with Crippen LogP contribution in [0.2, 0.25) is 0 Å². The van der Waals surface area contributed by atoms with Gasteiger partial charge >= 0.3 is 0 Å². The van der Waals surface area contributed by atoms with E-state index in [1.54, 1.807) is 0 Å². The van der Waals surface area contributed by atoms with Gasteiger partial charge in [-0.2, -0.15) is 0 Å². The van der Waals surface area contributed by atoms with Gasteiger partial charge in [0.05, 0.1) is 6.10 Å². The highest BCUT2D eigenvalue weighted by molar-refractivity contribution is 4.89. The van der Waals surface area contributed by atoms with Crippen molar-refractivity contribution in [3.63, 3.8) is 0 Å². The lowest BCUT2D eigenvalue weighted by molar-refractivity contribution is 0.0914. The molecule has 0 aromatic carbocycles. The number of piperidine rings is 1. The molecule has 2 heterocycles. The maximum atomic E-state index is 9.48. The number of rotatable bonds is 0. The van der Waals surface area contributed by atoms with E-state index in [0.717, 1.165) is 13.0 Å². The Hall–Kier alpha value is -0.0800. The van der Waals surface area contributed by atoms with Gasteiger partial charge in [-0.05, 0) is 25.8 Å². The number of nitrogens with zero attached hydrogens (tertiary/aromatic N) is 1. The Balaban J connectivity index is 2.01. The second-order valence-corrected chi connectivity index (χ2v) is 3.46. The highest BCUT2D eigenvalue weighted by Crippen LogP contribution is 2.26. The molecule has 2 atom stereocenters. The standard InChI is InChI=1S/C8H15NO/c10-8-4-6-9-5-2-1-3-7(8)9/h7-8,10H,1-6H2/t7-,8-/m1/s1. The molecule has 2 aliphatic heterocycles. The molecule has 2 heteroatoms. The van der Waals surface area contributed by atoms with Gasteiger partial charge in [-0.3, -0.25) is 4.90 Å². The molecule has 2 nitrogen and oxygen atoms in total. The number of aliphatic hydroxyl groups is 1. The van der Waals surface area contributed by atoms with Crippen molar-refractivity contribution in [2.45, 2.75) is 37.8 Å². The number of fused-ring (bicyclic) bond motifs is 1. The first-order chi connectivity index (χ1) is 4.88. The summed E-state index contributed by atoms with van der Waals surface area (Å²) >= 11 is 0. The lowest BCUT2D eigenvalue weighted by atomic mass is 10.0. The Kier molecular flexibility index (Phi) is 1.66. The van der Waals surface area contributed by atoms with Crippen LogP contribution >= 0.6 is 0 Å². The van der Waals surface area contributed by atoms with Gasteiger partial charge in [0.15, 0.2) is 0 Å². The SMILES string of the molecule is O[C@@H]1CCN2CCCC[C@H]12. The van der Waals surface area contributed by atoms with Crippen molar-refractivity contribution in [2.75, 3.05) is 13.1 Å². The zero-order valence-electron chi connectivity index (χ0n) is 6.29. The summed E-state index contributed by atoms with van der Waals surface area (Å²) < 4.78 is 0. The molecule has 0 radical (unpaired) electrons. The van der Waals surface area contributed by atoms with Crippen molar-refractivity contribution in [3.8, 4) is 0 Å². The Morgan fingerprint density at radius 1 is 1.10 bits per heavy atom. The maximum absolute atomic E-state index is 9.48. The molecule has 58 valence electrons. The van der Waals surface area contributed by atoms with Crippen molar-refractivity contribution in [3.05, 3.63) is 0 Å². The predicted octanol–water partition coefficient (Wildman–Crippen LogP) is 0.606. The third kappa shape index (κ3) is 0.956. The summed E-state index contributed by atoms with van der Waals surface area (Å²) in [5.74, 6) is 0. The average molecular weight is 141 g/mol. The highest BCUT2D eigenvalue weighted by atomic mass is 16.3. The topological polar surface area (TPSA) is 23.5 Å². The molecule has 0 spiro atoms. The fourth-order valence-electron chi connectivity index (χ4n) is 2.22. The lowest BCUT2D eigenvalue weighted by Gasteiger charge is -2.30. The maximum Gasteiger partial charge on any atom is 0.0707 e. The number of hydrogen-bond acceptors (Lipinski definition) is 2. The van der Waals surface area contributed by atoms with Crippen molar-refractivity contribution in [1.29, 1.82) is 0 Å². The molecule has 0 bridgehead atoms. The quantitative estimate of drug-likeness (QED) is 0.534. The summed E-state index contributed by atoms with van der Waals surface area (Å²) in [7, 11) is 0.